The quantitative estimate of drug-likeness (QED) is 0.808. The third-order valence-electron chi connectivity index (χ3n) is 2.62. The van der Waals surface area contributed by atoms with Crippen molar-refractivity contribution in [1.82, 2.24) is 5.32 Å². The Morgan fingerprint density at radius 2 is 1.95 bits per heavy atom. The van der Waals surface area contributed by atoms with E-state index in [1.807, 2.05) is 0 Å². The van der Waals surface area contributed by atoms with Gasteiger partial charge in [0.25, 0.3) is 0 Å². The number of rotatable bonds is 6. The maximum atomic E-state index is 13.6. The Bertz CT molecular complexity index is 425. The molecule has 19 heavy (non-hydrogen) atoms. The molecule has 0 radical (unpaired) electrons. The van der Waals surface area contributed by atoms with Crippen molar-refractivity contribution < 1.29 is 26.7 Å². The van der Waals surface area contributed by atoms with Crippen molar-refractivity contribution >= 4 is 0 Å². The van der Waals surface area contributed by atoms with Crippen molar-refractivity contribution in [3.05, 3.63) is 29.6 Å². The van der Waals surface area contributed by atoms with Crippen molar-refractivity contribution in [1.29, 1.82) is 0 Å². The highest BCUT2D eigenvalue weighted by Gasteiger charge is 2.42. The maximum absolute atomic E-state index is 13.6. The van der Waals surface area contributed by atoms with E-state index in [0.717, 1.165) is 6.07 Å². The van der Waals surface area contributed by atoms with E-state index in [1.54, 1.807) is 14.0 Å². The van der Waals surface area contributed by atoms with Crippen LogP contribution in [0.5, 0.6) is 5.75 Å². The van der Waals surface area contributed by atoms with Crippen LogP contribution in [0.3, 0.4) is 0 Å². The number of nitrogens with one attached hydrogen (secondary N) is 1. The highest BCUT2D eigenvalue weighted by molar-refractivity contribution is 5.37. The summed E-state index contributed by atoms with van der Waals surface area (Å²) in [6, 6.07) is 3.16. The predicted molar refractivity (Wildman–Crippen MR) is 60.3 cm³/mol. The smallest absolute Gasteiger partial charge is 0.340 e. The Morgan fingerprint density at radius 1 is 1.32 bits per heavy atom. The Balaban J connectivity index is 2.93. The first-order valence-corrected chi connectivity index (χ1v) is 5.54. The van der Waals surface area contributed by atoms with Gasteiger partial charge in [-0.15, -0.1) is 0 Å². The molecular formula is C12H14F5NO. The fourth-order valence-corrected chi connectivity index (χ4v) is 1.44. The summed E-state index contributed by atoms with van der Waals surface area (Å²) in [6.07, 6.45) is -3.83. The Hall–Kier alpha value is -1.37. The largest absolute Gasteiger partial charge is 0.487 e. The van der Waals surface area contributed by atoms with E-state index in [4.69, 9.17) is 0 Å². The second-order valence-corrected chi connectivity index (χ2v) is 4.01. The molecule has 0 spiro atoms. The van der Waals surface area contributed by atoms with Crippen LogP contribution in [-0.4, -0.2) is 26.0 Å². The molecule has 0 amide bonds. The molecule has 0 bridgehead atoms. The minimum Gasteiger partial charge on any atom is -0.487 e. The minimum atomic E-state index is -4.27. The molecule has 7 heteroatoms. The van der Waals surface area contributed by atoms with Gasteiger partial charge in [-0.3, -0.25) is 0 Å². The number of benzene rings is 1. The fraction of sp³-hybridized carbons (Fsp3) is 0.500. The molecule has 0 heterocycles. The zero-order valence-electron chi connectivity index (χ0n) is 10.4. The van der Waals surface area contributed by atoms with E-state index in [0.29, 0.717) is 0 Å². The molecule has 0 aliphatic rings. The Labute approximate surface area is 107 Å². The predicted octanol–water partition coefficient (Wildman–Crippen LogP) is 3.39. The lowest BCUT2D eigenvalue weighted by molar-refractivity contribution is -0.148. The lowest BCUT2D eigenvalue weighted by Gasteiger charge is -2.20. The molecule has 1 unspecified atom stereocenters. The molecule has 1 aromatic carbocycles. The molecule has 0 saturated heterocycles. The third kappa shape index (κ3) is 3.79. The molecular weight excluding hydrogens is 269 g/mol. The van der Waals surface area contributed by atoms with E-state index in [-0.39, 0.29) is 11.3 Å². The number of alkyl halides is 4. The van der Waals surface area contributed by atoms with Crippen LogP contribution in [0.4, 0.5) is 22.0 Å². The van der Waals surface area contributed by atoms with Crippen LogP contribution < -0.4 is 10.1 Å². The monoisotopic (exact) mass is 283 g/mol. The number of hydrogen-bond acceptors (Lipinski definition) is 2. The van der Waals surface area contributed by atoms with Gasteiger partial charge in [-0.25, -0.2) is 13.2 Å². The number of ether oxygens (including phenoxy) is 1. The van der Waals surface area contributed by atoms with Gasteiger partial charge >= 0.3 is 12.3 Å². The Morgan fingerprint density at radius 3 is 2.47 bits per heavy atom. The molecule has 1 aromatic rings. The fourth-order valence-electron chi connectivity index (χ4n) is 1.44. The molecule has 0 fully saturated rings. The topological polar surface area (TPSA) is 21.3 Å². The summed E-state index contributed by atoms with van der Waals surface area (Å²) < 4.78 is 67.8. The van der Waals surface area contributed by atoms with Gasteiger partial charge in [0.05, 0.1) is 0 Å². The van der Waals surface area contributed by atoms with Gasteiger partial charge in [0.2, 0.25) is 0 Å². The van der Waals surface area contributed by atoms with Crippen molar-refractivity contribution in [2.45, 2.75) is 25.3 Å². The SMILES string of the molecule is CNC(C)c1c(F)cccc1OCC(F)(F)C(F)F. The van der Waals surface area contributed by atoms with Crippen molar-refractivity contribution in [3.8, 4) is 5.75 Å². The van der Waals surface area contributed by atoms with Crippen molar-refractivity contribution in [3.63, 3.8) is 0 Å². The van der Waals surface area contributed by atoms with Crippen molar-refractivity contribution in [2.24, 2.45) is 0 Å². The van der Waals surface area contributed by atoms with E-state index >= 15 is 0 Å². The molecule has 0 aliphatic carbocycles. The average molecular weight is 283 g/mol. The second kappa shape index (κ2) is 6.18. The van der Waals surface area contributed by atoms with E-state index in [2.05, 4.69) is 10.1 Å². The lowest BCUT2D eigenvalue weighted by atomic mass is 10.1. The summed E-state index contributed by atoms with van der Waals surface area (Å²) in [5.41, 5.74) is 0.0232. The summed E-state index contributed by atoms with van der Waals surface area (Å²) >= 11 is 0. The highest BCUT2D eigenvalue weighted by atomic mass is 19.3. The summed E-state index contributed by atoms with van der Waals surface area (Å²) in [4.78, 5) is 0. The number of halogens is 5. The van der Waals surface area contributed by atoms with Crippen LogP contribution >= 0.6 is 0 Å². The zero-order chi connectivity index (χ0) is 14.6. The van der Waals surface area contributed by atoms with Gasteiger partial charge in [-0.2, -0.15) is 8.78 Å². The van der Waals surface area contributed by atoms with Gasteiger partial charge in [0, 0.05) is 11.6 Å². The number of hydrogen-bond donors (Lipinski definition) is 1. The summed E-state index contributed by atoms with van der Waals surface area (Å²) in [5, 5.41) is 2.73. The maximum Gasteiger partial charge on any atom is 0.340 e. The van der Waals surface area contributed by atoms with E-state index in [9.17, 15) is 22.0 Å². The summed E-state index contributed by atoms with van der Waals surface area (Å²) in [7, 11) is 1.55. The average Bonchev–Trinajstić information content (AvgIpc) is 2.35. The molecule has 1 rings (SSSR count). The van der Waals surface area contributed by atoms with Crippen LogP contribution in [0.25, 0.3) is 0 Å². The van der Waals surface area contributed by atoms with Gasteiger partial charge in [0.15, 0.2) is 6.61 Å². The second-order valence-electron chi connectivity index (χ2n) is 4.01. The van der Waals surface area contributed by atoms with Gasteiger partial charge in [-0.1, -0.05) is 6.07 Å². The van der Waals surface area contributed by atoms with E-state index < -0.39 is 30.8 Å². The van der Waals surface area contributed by atoms with Crippen LogP contribution in [0.2, 0.25) is 0 Å². The first-order valence-electron chi connectivity index (χ1n) is 5.54. The van der Waals surface area contributed by atoms with E-state index in [1.165, 1.54) is 12.1 Å². The molecule has 0 aliphatic heterocycles. The van der Waals surface area contributed by atoms with Crippen LogP contribution in [-0.2, 0) is 0 Å². The lowest BCUT2D eigenvalue weighted by Crippen LogP contribution is -2.34. The standard InChI is InChI=1S/C12H14F5NO/c1-7(18-2)10-8(13)4-3-5-9(10)19-6-12(16,17)11(14)15/h3-5,7,11,18H,6H2,1-2H3. The first-order chi connectivity index (χ1) is 8.79. The van der Waals surface area contributed by atoms with Crippen molar-refractivity contribution in [2.75, 3.05) is 13.7 Å². The first kappa shape index (κ1) is 15.7. The highest BCUT2D eigenvalue weighted by Crippen LogP contribution is 2.30. The molecule has 1 N–H and O–H groups in total. The van der Waals surface area contributed by atoms with Crippen LogP contribution in [0, 0.1) is 5.82 Å². The van der Waals surface area contributed by atoms with Gasteiger partial charge in [-0.05, 0) is 26.1 Å². The molecule has 108 valence electrons. The molecule has 0 aromatic heterocycles. The van der Waals surface area contributed by atoms with Crippen LogP contribution in [0.15, 0.2) is 18.2 Å². The normalized spacial score (nSPS) is 13.7. The molecule has 2 nitrogen and oxygen atoms in total. The minimum absolute atomic E-state index is 0.0232. The van der Waals surface area contributed by atoms with Crippen LogP contribution in [0.1, 0.15) is 18.5 Å². The summed E-state index contributed by atoms with van der Waals surface area (Å²) in [5.74, 6) is -5.10. The summed E-state index contributed by atoms with van der Waals surface area (Å²) in [6.45, 7) is 0.0914. The molecule has 0 saturated carbocycles. The molecule has 1 atom stereocenters. The van der Waals surface area contributed by atoms with Gasteiger partial charge in [0.1, 0.15) is 11.6 Å². The Kier molecular flexibility index (Phi) is 5.11. The third-order valence-corrected chi connectivity index (χ3v) is 2.62. The zero-order valence-corrected chi connectivity index (χ0v) is 10.4. The van der Waals surface area contributed by atoms with Gasteiger partial charge < -0.3 is 10.1 Å².